The summed E-state index contributed by atoms with van der Waals surface area (Å²) in [5.74, 6) is 0.142. The van der Waals surface area contributed by atoms with Gasteiger partial charge in [-0.2, -0.15) is 0 Å². The summed E-state index contributed by atoms with van der Waals surface area (Å²) in [6.07, 6.45) is 2.07. The summed E-state index contributed by atoms with van der Waals surface area (Å²) < 4.78 is 0. The summed E-state index contributed by atoms with van der Waals surface area (Å²) in [4.78, 5) is 13.2. The van der Waals surface area contributed by atoms with E-state index in [0.717, 1.165) is 24.4 Å². The molecule has 0 spiro atoms. The molecule has 0 saturated carbocycles. The Morgan fingerprint density at radius 3 is 2.93 bits per heavy atom. The van der Waals surface area contributed by atoms with Crippen molar-refractivity contribution in [2.45, 2.75) is 26.3 Å². The van der Waals surface area contributed by atoms with E-state index in [1.165, 1.54) is 11.1 Å². The van der Waals surface area contributed by atoms with Crippen molar-refractivity contribution in [3.8, 4) is 0 Å². The lowest BCUT2D eigenvalue weighted by molar-refractivity contribution is -0.129. The van der Waals surface area contributed by atoms with E-state index in [2.05, 4.69) is 6.07 Å². The lowest BCUT2D eigenvalue weighted by Gasteiger charge is -2.18. The number of benzene rings is 1. The summed E-state index contributed by atoms with van der Waals surface area (Å²) in [5, 5.41) is 0.749. The molecule has 1 aliphatic heterocycles. The maximum absolute atomic E-state index is 11.3. The van der Waals surface area contributed by atoms with Crippen molar-refractivity contribution in [2.24, 2.45) is 0 Å². The molecule has 1 aromatic carbocycles. The Bertz CT molecular complexity index is 389. The van der Waals surface area contributed by atoms with Crippen LogP contribution in [0.15, 0.2) is 18.2 Å². The first-order valence-electron chi connectivity index (χ1n) is 5.19. The summed E-state index contributed by atoms with van der Waals surface area (Å²) in [5.41, 5.74) is 2.51. The number of rotatable bonds is 0. The zero-order valence-electron chi connectivity index (χ0n) is 8.79. The van der Waals surface area contributed by atoms with Gasteiger partial charge in [0.05, 0.1) is 0 Å². The number of fused-ring (bicyclic) bond motifs is 1. The van der Waals surface area contributed by atoms with Crippen LogP contribution in [-0.4, -0.2) is 17.4 Å². The standard InChI is InChI=1S/C12H14ClNO/c1-9(15)14-6-2-3-10-4-5-12(13)7-11(10)8-14/h4-5,7H,2-3,6,8H2,1H3. The van der Waals surface area contributed by atoms with Gasteiger partial charge in [0.2, 0.25) is 5.91 Å². The molecule has 0 aliphatic carbocycles. The smallest absolute Gasteiger partial charge is 0.219 e. The third-order valence-corrected chi connectivity index (χ3v) is 3.08. The van der Waals surface area contributed by atoms with Crippen molar-refractivity contribution in [3.05, 3.63) is 34.3 Å². The van der Waals surface area contributed by atoms with E-state index in [1.807, 2.05) is 17.0 Å². The van der Waals surface area contributed by atoms with Crippen molar-refractivity contribution in [2.75, 3.05) is 6.54 Å². The lowest BCUT2D eigenvalue weighted by atomic mass is 10.0. The molecule has 3 heteroatoms. The van der Waals surface area contributed by atoms with E-state index in [1.54, 1.807) is 6.92 Å². The van der Waals surface area contributed by atoms with Crippen LogP contribution in [0.25, 0.3) is 0 Å². The summed E-state index contributed by atoms with van der Waals surface area (Å²) >= 11 is 5.95. The van der Waals surface area contributed by atoms with Gasteiger partial charge in [0, 0.05) is 25.0 Å². The fourth-order valence-electron chi connectivity index (χ4n) is 2.00. The van der Waals surface area contributed by atoms with Crippen molar-refractivity contribution >= 4 is 17.5 Å². The van der Waals surface area contributed by atoms with Gasteiger partial charge in [0.15, 0.2) is 0 Å². The minimum absolute atomic E-state index is 0.142. The number of carbonyl (C=O) groups excluding carboxylic acids is 1. The minimum atomic E-state index is 0.142. The molecule has 15 heavy (non-hydrogen) atoms. The van der Waals surface area contributed by atoms with Crippen LogP contribution in [0.1, 0.15) is 24.5 Å². The van der Waals surface area contributed by atoms with Gasteiger partial charge in [-0.15, -0.1) is 0 Å². The number of hydrogen-bond acceptors (Lipinski definition) is 1. The molecule has 0 aromatic heterocycles. The van der Waals surface area contributed by atoms with Crippen LogP contribution in [-0.2, 0) is 17.8 Å². The highest BCUT2D eigenvalue weighted by molar-refractivity contribution is 6.30. The van der Waals surface area contributed by atoms with Gasteiger partial charge in [-0.1, -0.05) is 17.7 Å². The minimum Gasteiger partial charge on any atom is -0.339 e. The largest absolute Gasteiger partial charge is 0.339 e. The van der Waals surface area contributed by atoms with E-state index in [-0.39, 0.29) is 5.91 Å². The van der Waals surface area contributed by atoms with Gasteiger partial charge in [0.1, 0.15) is 0 Å². The normalized spacial score (nSPS) is 15.7. The molecule has 0 unspecified atom stereocenters. The number of carbonyl (C=O) groups is 1. The molecule has 1 aromatic rings. The van der Waals surface area contributed by atoms with Crippen LogP contribution in [0.4, 0.5) is 0 Å². The average Bonchev–Trinajstić information content (AvgIpc) is 2.39. The van der Waals surface area contributed by atoms with Gasteiger partial charge in [-0.25, -0.2) is 0 Å². The maximum Gasteiger partial charge on any atom is 0.219 e. The third-order valence-electron chi connectivity index (χ3n) is 2.85. The van der Waals surface area contributed by atoms with Gasteiger partial charge in [0.25, 0.3) is 0 Å². The van der Waals surface area contributed by atoms with Crippen LogP contribution in [0.2, 0.25) is 5.02 Å². The molecule has 2 nitrogen and oxygen atoms in total. The number of hydrogen-bond donors (Lipinski definition) is 0. The van der Waals surface area contributed by atoms with Crippen molar-refractivity contribution in [3.63, 3.8) is 0 Å². The number of amides is 1. The molecule has 0 radical (unpaired) electrons. The molecule has 1 heterocycles. The van der Waals surface area contributed by atoms with Crippen molar-refractivity contribution in [1.29, 1.82) is 0 Å². The Morgan fingerprint density at radius 1 is 1.40 bits per heavy atom. The van der Waals surface area contributed by atoms with Crippen LogP contribution in [0, 0.1) is 0 Å². The molecule has 80 valence electrons. The summed E-state index contributed by atoms with van der Waals surface area (Å²) in [6, 6.07) is 5.96. The molecule has 0 bridgehead atoms. The van der Waals surface area contributed by atoms with Crippen LogP contribution in [0.3, 0.4) is 0 Å². The van der Waals surface area contributed by atoms with Gasteiger partial charge in [-0.3, -0.25) is 4.79 Å². The molecule has 1 aliphatic rings. The highest BCUT2D eigenvalue weighted by atomic mass is 35.5. The molecule has 0 N–H and O–H groups in total. The Hall–Kier alpha value is -1.02. The number of halogens is 1. The molecular formula is C12H14ClNO. The third kappa shape index (κ3) is 2.32. The van der Waals surface area contributed by atoms with Crippen LogP contribution < -0.4 is 0 Å². The Morgan fingerprint density at radius 2 is 2.20 bits per heavy atom. The van der Waals surface area contributed by atoms with E-state index >= 15 is 0 Å². The van der Waals surface area contributed by atoms with Crippen LogP contribution in [0.5, 0.6) is 0 Å². The zero-order chi connectivity index (χ0) is 10.8. The van der Waals surface area contributed by atoms with Gasteiger partial charge < -0.3 is 4.90 Å². The van der Waals surface area contributed by atoms with Crippen LogP contribution >= 0.6 is 11.6 Å². The molecule has 0 fully saturated rings. The fourth-order valence-corrected chi connectivity index (χ4v) is 2.19. The van der Waals surface area contributed by atoms with Gasteiger partial charge >= 0.3 is 0 Å². The first-order valence-corrected chi connectivity index (χ1v) is 5.57. The van der Waals surface area contributed by atoms with E-state index in [0.29, 0.717) is 6.54 Å². The molecule has 2 rings (SSSR count). The number of aryl methyl sites for hydroxylation is 1. The predicted octanol–water partition coefficient (Wildman–Crippen LogP) is 2.63. The SMILES string of the molecule is CC(=O)N1CCCc2ccc(Cl)cc2C1. The first kappa shape index (κ1) is 10.5. The lowest BCUT2D eigenvalue weighted by Crippen LogP contribution is -2.28. The quantitative estimate of drug-likeness (QED) is 0.662. The predicted molar refractivity (Wildman–Crippen MR) is 60.9 cm³/mol. The highest BCUT2D eigenvalue weighted by Gasteiger charge is 2.15. The van der Waals surface area contributed by atoms with E-state index in [4.69, 9.17) is 11.6 Å². The summed E-state index contributed by atoms with van der Waals surface area (Å²) in [7, 11) is 0. The highest BCUT2D eigenvalue weighted by Crippen LogP contribution is 2.22. The van der Waals surface area contributed by atoms with Gasteiger partial charge in [-0.05, 0) is 36.1 Å². The van der Waals surface area contributed by atoms with E-state index in [9.17, 15) is 4.79 Å². The Balaban J connectivity index is 2.31. The average molecular weight is 224 g/mol. The second-order valence-electron chi connectivity index (χ2n) is 3.96. The molecule has 0 atom stereocenters. The molecule has 0 saturated heterocycles. The van der Waals surface area contributed by atoms with E-state index < -0.39 is 0 Å². The second kappa shape index (κ2) is 4.23. The monoisotopic (exact) mass is 223 g/mol. The Kier molecular flexibility index (Phi) is 2.96. The summed E-state index contributed by atoms with van der Waals surface area (Å²) in [6.45, 7) is 3.17. The maximum atomic E-state index is 11.3. The van der Waals surface area contributed by atoms with Crippen molar-refractivity contribution in [1.82, 2.24) is 4.90 Å². The first-order chi connectivity index (χ1) is 7.16. The zero-order valence-corrected chi connectivity index (χ0v) is 9.55. The fraction of sp³-hybridized carbons (Fsp3) is 0.417. The Labute approximate surface area is 94.8 Å². The molecule has 1 amide bonds. The van der Waals surface area contributed by atoms with Crippen molar-refractivity contribution < 1.29 is 4.79 Å². The topological polar surface area (TPSA) is 20.3 Å². The number of nitrogens with zero attached hydrogens (tertiary/aromatic N) is 1. The molecular weight excluding hydrogens is 210 g/mol. The second-order valence-corrected chi connectivity index (χ2v) is 4.39.